The minimum Gasteiger partial charge on any atom is -0.375 e. The number of nitrogens with one attached hydrogen (secondary N) is 3. The molecular formula is C21H24ClN3O2. The number of anilines is 2. The van der Waals surface area contributed by atoms with Crippen LogP contribution in [0.2, 0.25) is 5.02 Å². The fraction of sp³-hybridized carbons (Fsp3) is 0.333. The Labute approximate surface area is 164 Å². The van der Waals surface area contributed by atoms with Gasteiger partial charge in [0, 0.05) is 18.2 Å². The maximum Gasteiger partial charge on any atom is 0.239 e. The van der Waals surface area contributed by atoms with Crippen molar-refractivity contribution in [3.05, 3.63) is 59.1 Å². The van der Waals surface area contributed by atoms with Gasteiger partial charge < -0.3 is 16.0 Å². The molecule has 0 atom stereocenters. The number of benzene rings is 2. The lowest BCUT2D eigenvalue weighted by atomic mass is 10.1. The summed E-state index contributed by atoms with van der Waals surface area (Å²) in [6, 6.07) is 14.9. The topological polar surface area (TPSA) is 70.2 Å². The molecule has 1 fully saturated rings. The highest BCUT2D eigenvalue weighted by atomic mass is 35.5. The Morgan fingerprint density at radius 2 is 1.81 bits per heavy atom. The maximum absolute atomic E-state index is 12.2. The van der Waals surface area contributed by atoms with Crippen molar-refractivity contribution in [3.63, 3.8) is 0 Å². The van der Waals surface area contributed by atoms with Gasteiger partial charge in [0.05, 0.1) is 17.3 Å². The molecule has 1 aliphatic carbocycles. The number of halogens is 1. The average molecular weight is 386 g/mol. The van der Waals surface area contributed by atoms with Crippen molar-refractivity contribution in [2.45, 2.75) is 32.2 Å². The quantitative estimate of drug-likeness (QED) is 0.669. The van der Waals surface area contributed by atoms with Crippen LogP contribution in [0, 0.1) is 5.92 Å². The van der Waals surface area contributed by atoms with E-state index in [0.717, 1.165) is 42.6 Å². The maximum atomic E-state index is 12.2. The van der Waals surface area contributed by atoms with Crippen molar-refractivity contribution in [3.8, 4) is 0 Å². The van der Waals surface area contributed by atoms with Crippen molar-refractivity contribution < 1.29 is 9.59 Å². The molecule has 0 bridgehead atoms. The Morgan fingerprint density at radius 3 is 2.59 bits per heavy atom. The van der Waals surface area contributed by atoms with Gasteiger partial charge in [0.2, 0.25) is 11.8 Å². The summed E-state index contributed by atoms with van der Waals surface area (Å²) < 4.78 is 0. The lowest BCUT2D eigenvalue weighted by molar-refractivity contribution is -0.120. The second kappa shape index (κ2) is 9.42. The van der Waals surface area contributed by atoms with Gasteiger partial charge in [-0.3, -0.25) is 9.59 Å². The van der Waals surface area contributed by atoms with Gasteiger partial charge in [-0.1, -0.05) is 48.7 Å². The first-order valence-corrected chi connectivity index (χ1v) is 9.64. The summed E-state index contributed by atoms with van der Waals surface area (Å²) in [7, 11) is 0. The summed E-state index contributed by atoms with van der Waals surface area (Å²) in [4.78, 5) is 24.3. The fourth-order valence-electron chi connectivity index (χ4n) is 3.23. The molecule has 0 aliphatic heterocycles. The zero-order valence-corrected chi connectivity index (χ0v) is 15.9. The van der Waals surface area contributed by atoms with Crippen LogP contribution < -0.4 is 16.0 Å². The highest BCUT2D eigenvalue weighted by molar-refractivity contribution is 6.33. The minimum absolute atomic E-state index is 0.0950. The third-order valence-electron chi connectivity index (χ3n) is 4.72. The third kappa shape index (κ3) is 5.73. The van der Waals surface area contributed by atoms with Crippen molar-refractivity contribution in [1.82, 2.24) is 5.32 Å². The Balaban J connectivity index is 1.47. The predicted molar refractivity (Wildman–Crippen MR) is 109 cm³/mol. The van der Waals surface area contributed by atoms with E-state index in [4.69, 9.17) is 11.6 Å². The molecule has 1 saturated carbocycles. The van der Waals surface area contributed by atoms with Gasteiger partial charge in [0.25, 0.3) is 0 Å². The van der Waals surface area contributed by atoms with E-state index < -0.39 is 0 Å². The molecular weight excluding hydrogens is 362 g/mol. The summed E-state index contributed by atoms with van der Waals surface area (Å²) in [5.74, 6) is 0.0946. The molecule has 3 rings (SSSR count). The largest absolute Gasteiger partial charge is 0.375 e. The molecule has 3 N–H and O–H groups in total. The lowest BCUT2D eigenvalue weighted by Crippen LogP contribution is -2.29. The van der Waals surface area contributed by atoms with E-state index >= 15 is 0 Å². The lowest BCUT2D eigenvalue weighted by Gasteiger charge is -2.12. The number of rotatable bonds is 7. The molecule has 0 unspecified atom stereocenters. The van der Waals surface area contributed by atoms with Crippen LogP contribution in [0.3, 0.4) is 0 Å². The van der Waals surface area contributed by atoms with Gasteiger partial charge in [0.15, 0.2) is 0 Å². The molecule has 2 aromatic rings. The third-order valence-corrected chi connectivity index (χ3v) is 5.05. The number of carbonyl (C=O) groups is 2. The highest BCUT2D eigenvalue weighted by Gasteiger charge is 2.22. The molecule has 0 saturated heterocycles. The number of hydrogen-bond acceptors (Lipinski definition) is 3. The molecule has 1 aliphatic rings. The predicted octanol–water partition coefficient (Wildman–Crippen LogP) is 4.20. The Hall–Kier alpha value is -2.53. The van der Waals surface area contributed by atoms with Crippen molar-refractivity contribution in [2.24, 2.45) is 5.92 Å². The van der Waals surface area contributed by atoms with Gasteiger partial charge in [-0.25, -0.2) is 0 Å². The van der Waals surface area contributed by atoms with Crippen LogP contribution in [0.4, 0.5) is 11.4 Å². The van der Waals surface area contributed by atoms with Crippen LogP contribution in [0.5, 0.6) is 0 Å². The van der Waals surface area contributed by atoms with E-state index in [1.54, 1.807) is 6.07 Å². The molecule has 142 valence electrons. The molecule has 0 heterocycles. The second-order valence-electron chi connectivity index (χ2n) is 6.78. The smallest absolute Gasteiger partial charge is 0.239 e. The van der Waals surface area contributed by atoms with Crippen molar-refractivity contribution in [1.29, 1.82) is 0 Å². The van der Waals surface area contributed by atoms with E-state index in [9.17, 15) is 9.59 Å². The summed E-state index contributed by atoms with van der Waals surface area (Å²) in [5, 5.41) is 9.45. The van der Waals surface area contributed by atoms with Crippen molar-refractivity contribution >= 4 is 34.8 Å². The molecule has 2 aromatic carbocycles. The van der Waals surface area contributed by atoms with Crippen LogP contribution in [0.25, 0.3) is 0 Å². The normalized spacial score (nSPS) is 14.0. The van der Waals surface area contributed by atoms with Gasteiger partial charge in [-0.05, 0) is 42.7 Å². The standard InChI is InChI=1S/C21H24ClN3O2/c22-18-10-3-4-11-19(18)23-14-20(26)24-13-15-6-5-9-17(12-15)25-21(27)16-7-1-2-8-16/h3-6,9-12,16,23H,1-2,7-8,13-14H2,(H,24,26)(H,25,27). The Morgan fingerprint density at radius 1 is 1.04 bits per heavy atom. The van der Waals surface area contributed by atoms with Crippen molar-refractivity contribution in [2.75, 3.05) is 17.2 Å². The molecule has 0 radical (unpaired) electrons. The van der Waals surface area contributed by atoms with E-state index in [0.29, 0.717) is 11.6 Å². The number of carbonyl (C=O) groups excluding carboxylic acids is 2. The summed E-state index contributed by atoms with van der Waals surface area (Å²) in [6.45, 7) is 0.540. The Bertz CT molecular complexity index is 804. The zero-order chi connectivity index (χ0) is 19.1. The first kappa shape index (κ1) is 19.2. The first-order chi connectivity index (χ1) is 13.1. The van der Waals surface area contributed by atoms with Crippen LogP contribution in [-0.2, 0) is 16.1 Å². The van der Waals surface area contributed by atoms with Gasteiger partial charge >= 0.3 is 0 Å². The van der Waals surface area contributed by atoms with Crippen LogP contribution in [0.15, 0.2) is 48.5 Å². The Kier molecular flexibility index (Phi) is 6.71. The summed E-state index contributed by atoms with van der Waals surface area (Å²) in [6.07, 6.45) is 4.21. The SMILES string of the molecule is O=C(CNc1ccccc1Cl)NCc1cccc(NC(=O)C2CCCC2)c1. The zero-order valence-electron chi connectivity index (χ0n) is 15.1. The van der Waals surface area contributed by atoms with Crippen LogP contribution in [-0.4, -0.2) is 18.4 Å². The average Bonchev–Trinajstić information content (AvgIpc) is 3.21. The van der Waals surface area contributed by atoms with E-state index in [1.165, 1.54) is 0 Å². The number of hydrogen-bond donors (Lipinski definition) is 3. The molecule has 0 spiro atoms. The van der Waals surface area contributed by atoms with Gasteiger partial charge in [-0.15, -0.1) is 0 Å². The van der Waals surface area contributed by atoms with E-state index in [2.05, 4.69) is 16.0 Å². The minimum atomic E-state index is -0.129. The van der Waals surface area contributed by atoms with Crippen LogP contribution >= 0.6 is 11.6 Å². The first-order valence-electron chi connectivity index (χ1n) is 9.27. The summed E-state index contributed by atoms with van der Waals surface area (Å²) >= 11 is 6.06. The second-order valence-corrected chi connectivity index (χ2v) is 7.19. The van der Waals surface area contributed by atoms with Gasteiger partial charge in [0.1, 0.15) is 0 Å². The monoisotopic (exact) mass is 385 g/mol. The molecule has 5 nitrogen and oxygen atoms in total. The fourth-order valence-corrected chi connectivity index (χ4v) is 3.44. The summed E-state index contributed by atoms with van der Waals surface area (Å²) in [5.41, 5.74) is 2.43. The van der Waals surface area contributed by atoms with Crippen LogP contribution in [0.1, 0.15) is 31.2 Å². The molecule has 2 amide bonds. The number of amides is 2. The molecule has 27 heavy (non-hydrogen) atoms. The van der Waals surface area contributed by atoms with E-state index in [1.807, 2.05) is 42.5 Å². The number of para-hydroxylation sites is 1. The van der Waals surface area contributed by atoms with E-state index in [-0.39, 0.29) is 24.3 Å². The highest BCUT2D eigenvalue weighted by Crippen LogP contribution is 2.26. The molecule has 0 aromatic heterocycles. The molecule has 6 heteroatoms. The van der Waals surface area contributed by atoms with Gasteiger partial charge in [-0.2, -0.15) is 0 Å².